The van der Waals surface area contributed by atoms with E-state index in [0.29, 0.717) is 30.6 Å². The van der Waals surface area contributed by atoms with Crippen molar-refractivity contribution in [1.29, 1.82) is 0 Å². The van der Waals surface area contributed by atoms with Crippen molar-refractivity contribution in [3.05, 3.63) is 11.6 Å². The first-order chi connectivity index (χ1) is 22.9. The Morgan fingerprint density at radius 1 is 1.23 bits per heavy atom. The molecule has 9 atom stereocenters. The minimum absolute atomic E-state index is 0.0454. The molecule has 0 spiro atoms. The van der Waals surface area contributed by atoms with Gasteiger partial charge in [-0.05, 0) is 51.4 Å². The number of epoxide rings is 1. The minimum atomic E-state index is -1.85. The number of carbonyl (C=O) groups is 3. The second kappa shape index (κ2) is 17.1. The minimum Gasteiger partial charge on any atom is -0.463 e. The van der Waals surface area contributed by atoms with Gasteiger partial charge in [-0.15, -0.1) is 0 Å². The standard InChI is InChI=1S/C37H64N6O5/c1-7-9-11-25(21-41-8-2)22-47-34(46)37-33(45)31-27(18-23(3)4)12-10-13-28(31)32(44)36(37,48-37)16-14-24(5)19-29(43-35(39)40-6)26-15-17-42-30(38)20-26/h14,23,25-31,41-42H,7-13,15-22,38H2,1-6H3,(H3,39,40,43)/p+3. The molecule has 2 aliphatic heterocycles. The van der Waals surface area contributed by atoms with E-state index in [1.165, 1.54) is 0 Å². The normalized spacial score (nSPS) is 33.5. The van der Waals surface area contributed by atoms with Crippen molar-refractivity contribution in [2.24, 2.45) is 47.0 Å². The summed E-state index contributed by atoms with van der Waals surface area (Å²) in [5, 5.41) is 7.84. The first-order valence-electron chi connectivity index (χ1n) is 19.0. The van der Waals surface area contributed by atoms with Crippen LogP contribution in [0, 0.1) is 35.5 Å². The van der Waals surface area contributed by atoms with Gasteiger partial charge in [0, 0.05) is 49.4 Å². The maximum absolute atomic E-state index is 14.7. The van der Waals surface area contributed by atoms with Crippen LogP contribution in [0.1, 0.15) is 105 Å². The molecule has 48 heavy (non-hydrogen) atoms. The van der Waals surface area contributed by atoms with Crippen molar-refractivity contribution in [1.82, 2.24) is 5.32 Å². The molecule has 0 amide bonds. The molecule has 2 heterocycles. The van der Waals surface area contributed by atoms with Gasteiger partial charge in [0.15, 0.2) is 17.2 Å². The van der Waals surface area contributed by atoms with Crippen LogP contribution >= 0.6 is 0 Å². The van der Waals surface area contributed by atoms with Gasteiger partial charge in [-0.1, -0.05) is 51.7 Å². The van der Waals surface area contributed by atoms with Crippen molar-refractivity contribution in [3.8, 4) is 0 Å². The molecule has 4 rings (SSSR count). The summed E-state index contributed by atoms with van der Waals surface area (Å²) in [6.45, 7) is 13.6. The highest BCUT2D eigenvalue weighted by Gasteiger charge is 2.87. The molecular weight excluding hydrogens is 608 g/mol. The summed E-state index contributed by atoms with van der Waals surface area (Å²) in [4.78, 5) is 46.4. The average molecular weight is 676 g/mol. The van der Waals surface area contributed by atoms with Crippen LogP contribution in [-0.4, -0.2) is 80.2 Å². The zero-order chi connectivity index (χ0) is 35.1. The molecule has 272 valence electrons. The Morgan fingerprint density at radius 2 is 2.00 bits per heavy atom. The maximum atomic E-state index is 14.7. The lowest BCUT2D eigenvalue weighted by atomic mass is 9.57. The molecule has 4 aliphatic rings. The van der Waals surface area contributed by atoms with Crippen LogP contribution < -0.4 is 32.4 Å². The Labute approximate surface area is 288 Å². The van der Waals surface area contributed by atoms with E-state index in [4.69, 9.17) is 20.9 Å². The molecule has 11 nitrogen and oxygen atoms in total. The fraction of sp³-hybridized carbons (Fsp3) is 0.838. The SMILES string of the molecule is CCCCC(C[NH2+]CC)COC(=O)C12OC1(CC=C(C)CC(NC(N)=[NH+]C)C1CC[NH2+]C(N)C1)C(=O)C1CCCC(CC(C)C)C1C2=O. The molecular formula is C37H67N6O5+3. The molecule has 0 radical (unpaired) electrons. The summed E-state index contributed by atoms with van der Waals surface area (Å²) < 4.78 is 12.4. The third kappa shape index (κ3) is 8.33. The molecule has 2 aliphatic carbocycles. The highest BCUT2D eigenvalue weighted by atomic mass is 16.7. The van der Waals surface area contributed by atoms with Gasteiger partial charge in [-0.25, -0.2) is 4.79 Å². The van der Waals surface area contributed by atoms with Crippen LogP contribution in [-0.2, 0) is 23.9 Å². The largest absolute Gasteiger partial charge is 0.463 e. The summed E-state index contributed by atoms with van der Waals surface area (Å²) in [5.41, 5.74) is 10.2. The second-order valence-corrected chi connectivity index (χ2v) is 15.7. The van der Waals surface area contributed by atoms with Crippen LogP contribution in [0.4, 0.5) is 0 Å². The molecule has 9 unspecified atom stereocenters. The first-order valence-corrected chi connectivity index (χ1v) is 19.0. The maximum Gasteiger partial charge on any atom is 0.350 e. The number of ether oxygens (including phenoxy) is 2. The van der Waals surface area contributed by atoms with Crippen molar-refractivity contribution in [2.75, 3.05) is 33.3 Å². The smallest absolute Gasteiger partial charge is 0.350 e. The van der Waals surface area contributed by atoms with Crippen molar-refractivity contribution in [3.63, 3.8) is 0 Å². The zero-order valence-electron chi connectivity index (χ0n) is 30.7. The van der Waals surface area contributed by atoms with Crippen LogP contribution in [0.2, 0.25) is 0 Å². The number of nitrogens with two attached hydrogens (primary N) is 4. The van der Waals surface area contributed by atoms with E-state index in [1.54, 1.807) is 7.05 Å². The summed E-state index contributed by atoms with van der Waals surface area (Å²) in [6, 6.07) is 0.0454. The second-order valence-electron chi connectivity index (χ2n) is 15.7. The third-order valence-corrected chi connectivity index (χ3v) is 11.6. The molecule has 0 bridgehead atoms. The Bertz CT molecular complexity index is 1180. The van der Waals surface area contributed by atoms with Crippen molar-refractivity contribution < 1.29 is 39.5 Å². The Hall–Kier alpha value is -2.34. The first kappa shape index (κ1) is 38.5. The number of rotatable bonds is 17. The number of esters is 1. The van der Waals surface area contributed by atoms with Crippen molar-refractivity contribution in [2.45, 2.75) is 129 Å². The number of hydrogen-bond acceptors (Lipinski definition) is 6. The summed E-state index contributed by atoms with van der Waals surface area (Å²) in [6.07, 6.45) is 11.2. The van der Waals surface area contributed by atoms with E-state index < -0.39 is 29.0 Å². The van der Waals surface area contributed by atoms with Gasteiger partial charge in [-0.3, -0.25) is 31.4 Å². The highest BCUT2D eigenvalue weighted by Crippen LogP contribution is 2.62. The predicted octanol–water partition coefficient (Wildman–Crippen LogP) is -0.375. The Morgan fingerprint density at radius 3 is 2.67 bits per heavy atom. The lowest BCUT2D eigenvalue weighted by Gasteiger charge is -2.42. The highest BCUT2D eigenvalue weighted by molar-refractivity contribution is 6.23. The number of quaternary nitrogens is 2. The fourth-order valence-electron chi connectivity index (χ4n) is 8.95. The zero-order valence-corrected chi connectivity index (χ0v) is 30.7. The molecule has 10 N–H and O–H groups in total. The molecule has 11 heteroatoms. The average Bonchev–Trinajstić information content (AvgIpc) is 3.77. The number of fused-ring (bicyclic) bond motifs is 2. The van der Waals surface area contributed by atoms with Gasteiger partial charge in [0.2, 0.25) is 0 Å². The van der Waals surface area contributed by atoms with Crippen LogP contribution in [0.25, 0.3) is 0 Å². The Kier molecular flexibility index (Phi) is 13.7. The quantitative estimate of drug-likeness (QED) is 0.0301. The molecule has 0 aromatic heterocycles. The van der Waals surface area contributed by atoms with Gasteiger partial charge in [0.25, 0.3) is 5.60 Å². The predicted molar refractivity (Wildman–Crippen MR) is 185 cm³/mol. The number of nitrogens with one attached hydrogen (secondary N) is 2. The summed E-state index contributed by atoms with van der Waals surface area (Å²) in [5.74, 6) is -0.406. The van der Waals surface area contributed by atoms with Gasteiger partial charge in [-0.2, -0.15) is 0 Å². The number of guanidine groups is 1. The number of hydrogen-bond donors (Lipinski definition) is 6. The van der Waals surface area contributed by atoms with E-state index in [2.05, 4.69) is 48.6 Å². The Balaban J connectivity index is 1.61. The van der Waals surface area contributed by atoms with E-state index in [1.807, 2.05) is 13.0 Å². The van der Waals surface area contributed by atoms with Gasteiger partial charge in [0.05, 0.1) is 39.3 Å². The van der Waals surface area contributed by atoms with Gasteiger partial charge in [0.1, 0.15) is 6.17 Å². The fourth-order valence-corrected chi connectivity index (χ4v) is 8.95. The van der Waals surface area contributed by atoms with E-state index in [-0.39, 0.29) is 48.6 Å². The van der Waals surface area contributed by atoms with Crippen LogP contribution in [0.15, 0.2) is 11.6 Å². The van der Waals surface area contributed by atoms with E-state index in [9.17, 15) is 14.4 Å². The monoisotopic (exact) mass is 676 g/mol. The van der Waals surface area contributed by atoms with Crippen LogP contribution in [0.3, 0.4) is 0 Å². The van der Waals surface area contributed by atoms with E-state index >= 15 is 0 Å². The number of unbranched alkanes of at least 4 members (excludes halogenated alkanes) is 1. The van der Waals surface area contributed by atoms with Gasteiger partial charge < -0.3 is 20.1 Å². The van der Waals surface area contributed by atoms with Crippen LogP contribution in [0.5, 0.6) is 0 Å². The summed E-state index contributed by atoms with van der Waals surface area (Å²) in [7, 11) is 1.79. The number of ketones is 2. The molecule has 4 fully saturated rings. The number of piperidine rings is 1. The third-order valence-electron chi connectivity index (χ3n) is 11.6. The molecule has 0 aromatic rings. The molecule has 0 aromatic carbocycles. The van der Waals surface area contributed by atoms with Gasteiger partial charge >= 0.3 is 11.9 Å². The molecule has 2 saturated carbocycles. The molecule has 2 saturated heterocycles. The topological polar surface area (TPSA) is 184 Å². The summed E-state index contributed by atoms with van der Waals surface area (Å²) >= 11 is 0. The number of Topliss-reactive ketones (excluding diaryl/α,β-unsaturated/α-hetero) is 2. The van der Waals surface area contributed by atoms with E-state index in [0.717, 1.165) is 76.6 Å². The lowest BCUT2D eigenvalue weighted by molar-refractivity contribution is -0.699. The lowest BCUT2D eigenvalue weighted by Crippen LogP contribution is -2.95. The number of carbonyl (C=O) groups excluding carboxylic acids is 3. The van der Waals surface area contributed by atoms with Crippen molar-refractivity contribution >= 4 is 23.5 Å².